The van der Waals surface area contributed by atoms with E-state index in [0.717, 1.165) is 6.20 Å². The molecule has 1 N–H and O–H groups in total. The quantitative estimate of drug-likeness (QED) is 0.866. The van der Waals surface area contributed by atoms with E-state index in [2.05, 4.69) is 4.98 Å². The topological polar surface area (TPSA) is 111 Å². The molecule has 8 heteroatoms. The fourth-order valence-corrected chi connectivity index (χ4v) is 3.58. The highest BCUT2D eigenvalue weighted by Gasteiger charge is 2.33. The number of hydrogen-bond acceptors (Lipinski definition) is 5. The van der Waals surface area contributed by atoms with Crippen LogP contribution in [0.15, 0.2) is 23.2 Å². The minimum absolute atomic E-state index is 0.0254. The Morgan fingerprint density at radius 2 is 2.25 bits per heavy atom. The molecule has 1 atom stereocenters. The van der Waals surface area contributed by atoms with Gasteiger partial charge in [0, 0.05) is 19.3 Å². The summed E-state index contributed by atoms with van der Waals surface area (Å²) in [6, 6.07) is 4.45. The van der Waals surface area contributed by atoms with Crippen LogP contribution in [0.4, 0.5) is 0 Å². The molecular weight excluding hydrogens is 282 g/mol. The van der Waals surface area contributed by atoms with E-state index in [-0.39, 0.29) is 17.1 Å². The van der Waals surface area contributed by atoms with Crippen molar-refractivity contribution in [2.45, 2.75) is 17.7 Å². The Morgan fingerprint density at radius 3 is 2.80 bits per heavy atom. The van der Waals surface area contributed by atoms with Crippen molar-refractivity contribution in [1.29, 1.82) is 5.26 Å². The Bertz CT molecular complexity index is 648. The van der Waals surface area contributed by atoms with Gasteiger partial charge >= 0.3 is 5.97 Å². The second kappa shape index (κ2) is 5.56. The number of aromatic nitrogens is 1. The summed E-state index contributed by atoms with van der Waals surface area (Å²) in [5.74, 6) is -1.66. The first kappa shape index (κ1) is 14.4. The Labute approximate surface area is 116 Å². The second-order valence-electron chi connectivity index (χ2n) is 4.53. The number of carbonyl (C=O) groups is 1. The number of piperidine rings is 1. The summed E-state index contributed by atoms with van der Waals surface area (Å²) in [6.07, 6.45) is 2.12. The van der Waals surface area contributed by atoms with E-state index in [4.69, 9.17) is 10.4 Å². The van der Waals surface area contributed by atoms with Crippen molar-refractivity contribution in [3.05, 3.63) is 24.0 Å². The molecule has 0 aromatic carbocycles. The second-order valence-corrected chi connectivity index (χ2v) is 6.47. The number of sulfonamides is 1. The van der Waals surface area contributed by atoms with Gasteiger partial charge in [-0.3, -0.25) is 4.79 Å². The molecule has 1 aliphatic heterocycles. The number of rotatable bonds is 3. The molecule has 0 spiro atoms. The molecule has 1 fully saturated rings. The highest BCUT2D eigenvalue weighted by molar-refractivity contribution is 7.89. The third kappa shape index (κ3) is 2.79. The minimum atomic E-state index is -3.76. The summed E-state index contributed by atoms with van der Waals surface area (Å²) in [7, 11) is -3.76. The lowest BCUT2D eigenvalue weighted by Crippen LogP contribution is -2.42. The first-order chi connectivity index (χ1) is 9.45. The van der Waals surface area contributed by atoms with Gasteiger partial charge in [0.15, 0.2) is 0 Å². The zero-order chi connectivity index (χ0) is 14.8. The van der Waals surface area contributed by atoms with E-state index in [1.165, 1.54) is 16.4 Å². The maximum atomic E-state index is 12.4. The molecule has 20 heavy (non-hydrogen) atoms. The Hall–Kier alpha value is -1.98. The summed E-state index contributed by atoms with van der Waals surface area (Å²) in [5, 5.41) is 17.6. The number of nitriles is 1. The van der Waals surface area contributed by atoms with Crippen molar-refractivity contribution < 1.29 is 18.3 Å². The van der Waals surface area contributed by atoms with Crippen LogP contribution in [0, 0.1) is 17.2 Å². The molecule has 1 aliphatic rings. The first-order valence-corrected chi connectivity index (χ1v) is 7.48. The summed E-state index contributed by atoms with van der Waals surface area (Å²) >= 11 is 0. The summed E-state index contributed by atoms with van der Waals surface area (Å²) in [4.78, 5) is 14.7. The van der Waals surface area contributed by atoms with Gasteiger partial charge in [-0.25, -0.2) is 13.4 Å². The van der Waals surface area contributed by atoms with Crippen molar-refractivity contribution in [3.63, 3.8) is 0 Å². The largest absolute Gasteiger partial charge is 0.481 e. The van der Waals surface area contributed by atoms with Gasteiger partial charge in [-0.2, -0.15) is 9.57 Å². The molecule has 7 nitrogen and oxygen atoms in total. The van der Waals surface area contributed by atoms with Crippen molar-refractivity contribution >= 4 is 16.0 Å². The van der Waals surface area contributed by atoms with E-state index in [1.54, 1.807) is 0 Å². The van der Waals surface area contributed by atoms with E-state index < -0.39 is 21.9 Å². The molecule has 0 saturated carbocycles. The van der Waals surface area contributed by atoms with Crippen molar-refractivity contribution in [2.75, 3.05) is 13.1 Å². The van der Waals surface area contributed by atoms with Crippen molar-refractivity contribution in [2.24, 2.45) is 5.92 Å². The molecule has 1 aromatic heterocycles. The fourth-order valence-electron chi connectivity index (χ4n) is 2.11. The number of aliphatic carboxylic acids is 1. The van der Waals surface area contributed by atoms with Gasteiger partial charge in [-0.05, 0) is 25.0 Å². The van der Waals surface area contributed by atoms with Crippen molar-refractivity contribution in [3.8, 4) is 6.07 Å². The monoisotopic (exact) mass is 295 g/mol. The molecule has 2 rings (SSSR count). The predicted octanol–water partition coefficient (Wildman–Crippen LogP) is 0.439. The third-order valence-corrected chi connectivity index (χ3v) is 5.07. The minimum Gasteiger partial charge on any atom is -0.481 e. The van der Waals surface area contributed by atoms with Gasteiger partial charge in [0.1, 0.15) is 16.7 Å². The highest BCUT2D eigenvalue weighted by atomic mass is 32.2. The average molecular weight is 295 g/mol. The molecule has 0 bridgehead atoms. The molecule has 0 aliphatic carbocycles. The standard InChI is InChI=1S/C12H13N3O4S/c13-6-10-3-4-11(7-14-10)20(18,19)15-5-1-2-9(8-15)12(16)17/h3-4,7,9H,1-2,5,8H2,(H,16,17). The number of hydrogen-bond donors (Lipinski definition) is 1. The lowest BCUT2D eigenvalue weighted by molar-refractivity contribution is -0.142. The molecule has 1 saturated heterocycles. The van der Waals surface area contributed by atoms with Crippen LogP contribution in [0.1, 0.15) is 18.5 Å². The average Bonchev–Trinajstić information content (AvgIpc) is 2.47. The van der Waals surface area contributed by atoms with Gasteiger partial charge in [-0.1, -0.05) is 0 Å². The lowest BCUT2D eigenvalue weighted by atomic mass is 10.0. The van der Waals surface area contributed by atoms with Crippen LogP contribution in [-0.2, 0) is 14.8 Å². The van der Waals surface area contributed by atoms with Crippen LogP contribution in [0.2, 0.25) is 0 Å². The fraction of sp³-hybridized carbons (Fsp3) is 0.417. The van der Waals surface area contributed by atoms with Crippen LogP contribution in [0.25, 0.3) is 0 Å². The summed E-state index contributed by atoms with van der Waals surface area (Å²) in [6.45, 7) is 0.268. The number of carboxylic acids is 1. The first-order valence-electron chi connectivity index (χ1n) is 6.04. The Kier molecular flexibility index (Phi) is 4.01. The van der Waals surface area contributed by atoms with Gasteiger partial charge < -0.3 is 5.11 Å². The van der Waals surface area contributed by atoms with Crippen molar-refractivity contribution in [1.82, 2.24) is 9.29 Å². The highest BCUT2D eigenvalue weighted by Crippen LogP contribution is 2.23. The number of carboxylic acid groups (broad SMARTS) is 1. The van der Waals surface area contributed by atoms with E-state index in [0.29, 0.717) is 19.4 Å². The van der Waals surface area contributed by atoms with E-state index in [1.807, 2.05) is 6.07 Å². The van der Waals surface area contributed by atoms with Crippen LogP contribution in [-0.4, -0.2) is 41.9 Å². The smallest absolute Gasteiger partial charge is 0.307 e. The van der Waals surface area contributed by atoms with E-state index in [9.17, 15) is 13.2 Å². The Balaban J connectivity index is 2.25. The maximum Gasteiger partial charge on any atom is 0.307 e. The molecule has 0 radical (unpaired) electrons. The van der Waals surface area contributed by atoms with Crippen LogP contribution in [0.5, 0.6) is 0 Å². The van der Waals surface area contributed by atoms with Gasteiger partial charge in [-0.15, -0.1) is 0 Å². The molecule has 106 valence electrons. The van der Waals surface area contributed by atoms with Crippen LogP contribution < -0.4 is 0 Å². The summed E-state index contributed by atoms with van der Waals surface area (Å²) < 4.78 is 25.9. The SMILES string of the molecule is N#Cc1ccc(S(=O)(=O)N2CCCC(C(=O)O)C2)cn1. The molecular formula is C12H13N3O4S. The Morgan fingerprint density at radius 1 is 1.50 bits per heavy atom. The number of nitrogens with zero attached hydrogens (tertiary/aromatic N) is 3. The third-order valence-electron chi connectivity index (χ3n) is 3.22. The molecule has 1 aromatic rings. The molecule has 0 amide bonds. The normalized spacial score (nSPS) is 20.2. The van der Waals surface area contributed by atoms with Gasteiger partial charge in [0.2, 0.25) is 10.0 Å². The lowest BCUT2D eigenvalue weighted by Gasteiger charge is -2.29. The number of pyridine rings is 1. The van der Waals surface area contributed by atoms with Gasteiger partial charge in [0.25, 0.3) is 0 Å². The van der Waals surface area contributed by atoms with Crippen LogP contribution >= 0.6 is 0 Å². The van der Waals surface area contributed by atoms with Gasteiger partial charge in [0.05, 0.1) is 5.92 Å². The predicted molar refractivity (Wildman–Crippen MR) is 68.1 cm³/mol. The maximum absolute atomic E-state index is 12.4. The summed E-state index contributed by atoms with van der Waals surface area (Å²) in [5.41, 5.74) is 0.131. The molecule has 1 unspecified atom stereocenters. The zero-order valence-electron chi connectivity index (χ0n) is 10.6. The van der Waals surface area contributed by atoms with E-state index >= 15 is 0 Å². The zero-order valence-corrected chi connectivity index (χ0v) is 11.4. The molecule has 2 heterocycles. The van der Waals surface area contributed by atoms with Crippen LogP contribution in [0.3, 0.4) is 0 Å².